The molecule has 6 heteroatoms. The minimum absolute atomic E-state index is 0.262. The number of Topliss-reactive ketones (excluding diaryl/α,β-unsaturated/α-hetero) is 1. The van der Waals surface area contributed by atoms with Crippen LogP contribution in [0.25, 0.3) is 11.0 Å². The van der Waals surface area contributed by atoms with Gasteiger partial charge in [-0.1, -0.05) is 11.8 Å². The van der Waals surface area contributed by atoms with Crippen molar-refractivity contribution in [3.63, 3.8) is 0 Å². The van der Waals surface area contributed by atoms with E-state index in [1.807, 2.05) is 53.8 Å². The van der Waals surface area contributed by atoms with Crippen molar-refractivity contribution >= 4 is 28.6 Å². The predicted molar refractivity (Wildman–Crippen MR) is 117 cm³/mol. The van der Waals surface area contributed by atoms with Crippen LogP contribution in [0, 0.1) is 6.92 Å². The number of ketones is 1. The summed E-state index contributed by atoms with van der Waals surface area (Å²) in [7, 11) is 0. The molecule has 0 amide bonds. The molecule has 1 N–H and O–H groups in total. The van der Waals surface area contributed by atoms with Gasteiger partial charge in [0.05, 0.1) is 23.3 Å². The highest BCUT2D eigenvalue weighted by atomic mass is 32.2. The van der Waals surface area contributed by atoms with Gasteiger partial charge in [0.15, 0.2) is 10.9 Å². The highest BCUT2D eigenvalue weighted by Gasteiger charge is 2.50. The zero-order chi connectivity index (χ0) is 21.0. The number of pyridine rings is 1. The Bertz CT molecular complexity index is 1060. The monoisotopic (exact) mass is 409 g/mol. The van der Waals surface area contributed by atoms with Gasteiger partial charge in [0, 0.05) is 34.4 Å². The van der Waals surface area contributed by atoms with Crippen LogP contribution in [-0.2, 0) is 21.4 Å². The predicted octanol–water partition coefficient (Wildman–Crippen LogP) is 5.10. The van der Waals surface area contributed by atoms with Gasteiger partial charge in [-0.25, -0.2) is 4.98 Å². The van der Waals surface area contributed by atoms with Crippen LogP contribution in [0.3, 0.4) is 0 Å². The van der Waals surface area contributed by atoms with E-state index in [4.69, 9.17) is 9.72 Å². The number of aromatic nitrogens is 3. The summed E-state index contributed by atoms with van der Waals surface area (Å²) in [6.07, 6.45) is 1.85. The van der Waals surface area contributed by atoms with E-state index in [9.17, 15) is 4.79 Å². The number of thioether (sulfide) groups is 1. The van der Waals surface area contributed by atoms with Crippen LogP contribution in [0.5, 0.6) is 5.75 Å². The summed E-state index contributed by atoms with van der Waals surface area (Å²) >= 11 is 1.62. The Labute approximate surface area is 175 Å². The molecule has 0 saturated carbocycles. The van der Waals surface area contributed by atoms with Crippen molar-refractivity contribution in [1.29, 1.82) is 0 Å². The van der Waals surface area contributed by atoms with Crippen LogP contribution in [0.4, 0.5) is 0 Å². The summed E-state index contributed by atoms with van der Waals surface area (Å²) in [6.45, 7) is 12.7. The molecule has 0 unspecified atom stereocenters. The fraction of sp³-hybridized carbons (Fsp3) is 0.435. The largest absolute Gasteiger partial charge is 0.493 e. The second-order valence-electron chi connectivity index (χ2n) is 8.70. The van der Waals surface area contributed by atoms with E-state index in [1.165, 1.54) is 0 Å². The lowest BCUT2D eigenvalue weighted by Crippen LogP contribution is -2.33. The lowest BCUT2D eigenvalue weighted by molar-refractivity contribution is -0.126. The number of nitrogens with zero attached hydrogens (tertiary/aromatic N) is 2. The van der Waals surface area contributed by atoms with Crippen LogP contribution in [0.1, 0.15) is 57.0 Å². The fourth-order valence-electron chi connectivity index (χ4n) is 4.24. The van der Waals surface area contributed by atoms with Gasteiger partial charge >= 0.3 is 0 Å². The van der Waals surface area contributed by atoms with Gasteiger partial charge in [0.25, 0.3) is 0 Å². The highest BCUT2D eigenvalue weighted by molar-refractivity contribution is 7.98. The molecular weight excluding hydrogens is 382 g/mol. The molecule has 0 radical (unpaired) electrons. The minimum atomic E-state index is -0.485. The minimum Gasteiger partial charge on any atom is -0.493 e. The first kappa shape index (κ1) is 20.0. The Morgan fingerprint density at radius 2 is 1.79 bits per heavy atom. The number of carbonyl (C=O) groups is 1. The van der Waals surface area contributed by atoms with Crippen LogP contribution in [0.15, 0.2) is 29.6 Å². The first-order valence-electron chi connectivity index (χ1n) is 9.95. The zero-order valence-corrected chi connectivity index (χ0v) is 18.7. The number of benzene rings is 1. The Kier molecular flexibility index (Phi) is 4.73. The number of aromatic amines is 1. The number of imidazole rings is 1. The zero-order valence-electron chi connectivity index (χ0n) is 17.8. The molecule has 0 aliphatic heterocycles. The number of aryl methyl sites for hydroxylation is 1. The smallest absolute Gasteiger partial charge is 0.166 e. The van der Waals surface area contributed by atoms with Crippen molar-refractivity contribution in [1.82, 2.24) is 15.0 Å². The fourth-order valence-corrected chi connectivity index (χ4v) is 5.03. The average Bonchev–Trinajstić information content (AvgIpc) is 3.13. The molecule has 0 atom stereocenters. The number of rotatable bonds is 5. The van der Waals surface area contributed by atoms with E-state index in [1.54, 1.807) is 11.8 Å². The molecule has 2 aromatic heterocycles. The third-order valence-electron chi connectivity index (χ3n) is 5.85. The molecule has 29 heavy (non-hydrogen) atoms. The summed E-state index contributed by atoms with van der Waals surface area (Å²) in [5.74, 6) is 1.85. The van der Waals surface area contributed by atoms with Crippen LogP contribution < -0.4 is 4.74 Å². The maximum absolute atomic E-state index is 12.9. The van der Waals surface area contributed by atoms with E-state index in [2.05, 4.69) is 22.1 Å². The maximum atomic E-state index is 12.9. The van der Waals surface area contributed by atoms with Crippen molar-refractivity contribution in [2.45, 2.75) is 63.3 Å². The molecule has 0 bridgehead atoms. The number of hydrogen-bond donors (Lipinski definition) is 1. The van der Waals surface area contributed by atoms with Crippen molar-refractivity contribution in [3.8, 4) is 5.75 Å². The molecular formula is C23H27N3O2S. The standard InChI is InChI=1S/C23H27N3O2S/c1-7-28-19-8-14(24-11-13(19)2)12-29-21-25-17-9-15-16(10-18(17)26-21)23(5,6)20(27)22(15,3)4/h8-11H,7,12H2,1-6H3,(H,25,26). The van der Waals surface area contributed by atoms with Gasteiger partial charge in [-0.3, -0.25) is 9.78 Å². The summed E-state index contributed by atoms with van der Waals surface area (Å²) in [6, 6.07) is 6.18. The second-order valence-corrected chi connectivity index (χ2v) is 9.66. The van der Waals surface area contributed by atoms with Crippen molar-refractivity contribution in [2.24, 2.45) is 0 Å². The molecule has 1 aliphatic carbocycles. The molecule has 0 spiro atoms. The summed E-state index contributed by atoms with van der Waals surface area (Å²) < 4.78 is 5.67. The number of fused-ring (bicyclic) bond motifs is 2. The number of H-pyrrole nitrogens is 1. The summed E-state index contributed by atoms with van der Waals surface area (Å²) in [5.41, 5.74) is 5.09. The quantitative estimate of drug-likeness (QED) is 0.594. The maximum Gasteiger partial charge on any atom is 0.166 e. The number of ether oxygens (including phenoxy) is 1. The summed E-state index contributed by atoms with van der Waals surface area (Å²) in [5, 5.41) is 0.853. The third kappa shape index (κ3) is 3.23. The van der Waals surface area contributed by atoms with Gasteiger partial charge in [-0.15, -0.1) is 0 Å². The van der Waals surface area contributed by atoms with E-state index < -0.39 is 10.8 Å². The van der Waals surface area contributed by atoms with Gasteiger partial charge < -0.3 is 9.72 Å². The highest BCUT2D eigenvalue weighted by Crippen LogP contribution is 2.47. The second kappa shape index (κ2) is 6.87. The van der Waals surface area contributed by atoms with E-state index >= 15 is 0 Å². The first-order chi connectivity index (χ1) is 13.6. The van der Waals surface area contributed by atoms with Gasteiger partial charge in [-0.2, -0.15) is 0 Å². The molecule has 152 valence electrons. The number of carbonyl (C=O) groups excluding carboxylic acids is 1. The summed E-state index contributed by atoms with van der Waals surface area (Å²) in [4.78, 5) is 25.6. The molecule has 0 fully saturated rings. The van der Waals surface area contributed by atoms with Crippen LogP contribution in [-0.4, -0.2) is 27.3 Å². The molecule has 4 rings (SSSR count). The van der Waals surface area contributed by atoms with Crippen LogP contribution in [0.2, 0.25) is 0 Å². The Morgan fingerprint density at radius 1 is 1.10 bits per heavy atom. The van der Waals surface area contributed by atoms with Gasteiger partial charge in [0.1, 0.15) is 5.75 Å². The number of nitrogens with one attached hydrogen (secondary N) is 1. The average molecular weight is 410 g/mol. The molecule has 5 nitrogen and oxygen atoms in total. The molecule has 2 heterocycles. The Hall–Kier alpha value is -2.34. The Balaban J connectivity index is 1.62. The van der Waals surface area contributed by atoms with Crippen molar-refractivity contribution in [3.05, 3.63) is 46.8 Å². The Morgan fingerprint density at radius 3 is 2.48 bits per heavy atom. The molecule has 3 aromatic rings. The van der Waals surface area contributed by atoms with E-state index in [0.717, 1.165) is 44.3 Å². The van der Waals surface area contributed by atoms with E-state index in [0.29, 0.717) is 12.4 Å². The van der Waals surface area contributed by atoms with Crippen LogP contribution >= 0.6 is 11.8 Å². The van der Waals surface area contributed by atoms with Crippen molar-refractivity contribution in [2.75, 3.05) is 6.61 Å². The SMILES string of the molecule is CCOc1cc(CSc2nc3cc4c(cc3[nH]2)C(C)(C)C(=O)C4(C)C)ncc1C. The topological polar surface area (TPSA) is 67.9 Å². The van der Waals surface area contributed by atoms with Gasteiger partial charge in [0.2, 0.25) is 0 Å². The number of hydrogen-bond acceptors (Lipinski definition) is 5. The normalized spacial score (nSPS) is 17.0. The van der Waals surface area contributed by atoms with Gasteiger partial charge in [-0.05, 0) is 64.8 Å². The van der Waals surface area contributed by atoms with Crippen molar-refractivity contribution < 1.29 is 9.53 Å². The van der Waals surface area contributed by atoms with E-state index in [-0.39, 0.29) is 5.78 Å². The lowest BCUT2D eigenvalue weighted by Gasteiger charge is -2.21. The third-order valence-corrected chi connectivity index (χ3v) is 6.76. The molecule has 1 aromatic carbocycles. The first-order valence-corrected chi connectivity index (χ1v) is 10.9. The molecule has 1 aliphatic rings. The molecule has 0 saturated heterocycles. The lowest BCUT2D eigenvalue weighted by atomic mass is 9.80.